The Balaban J connectivity index is 1.96. The van der Waals surface area contributed by atoms with Crippen molar-refractivity contribution in [2.24, 2.45) is 5.14 Å². The summed E-state index contributed by atoms with van der Waals surface area (Å²) in [6, 6.07) is 16.9. The summed E-state index contributed by atoms with van der Waals surface area (Å²) in [7, 11) is -3.64. The highest BCUT2D eigenvalue weighted by Gasteiger charge is 2.15. The third kappa shape index (κ3) is 2.82. The molecule has 4 heteroatoms. The molecule has 0 amide bonds. The summed E-state index contributed by atoms with van der Waals surface area (Å²) in [5.41, 5.74) is 4.47. The van der Waals surface area contributed by atoms with E-state index >= 15 is 0 Å². The Morgan fingerprint density at radius 3 is 1.81 bits per heavy atom. The molecule has 0 fully saturated rings. The zero-order valence-corrected chi connectivity index (χ0v) is 12.2. The van der Waals surface area contributed by atoms with E-state index in [1.54, 1.807) is 24.3 Å². The molecule has 1 aliphatic carbocycles. The zero-order valence-electron chi connectivity index (χ0n) is 11.4. The maximum absolute atomic E-state index is 11.3. The largest absolute Gasteiger partial charge is 0.238 e. The van der Waals surface area contributed by atoms with Crippen LogP contribution in [0.15, 0.2) is 71.6 Å². The van der Waals surface area contributed by atoms with Crippen LogP contribution in [0.5, 0.6) is 0 Å². The molecule has 0 aliphatic heterocycles. The van der Waals surface area contributed by atoms with Crippen molar-refractivity contribution in [1.82, 2.24) is 0 Å². The highest BCUT2D eigenvalue weighted by Crippen LogP contribution is 2.36. The average molecular weight is 297 g/mol. The molecule has 0 atom stereocenters. The van der Waals surface area contributed by atoms with Crippen molar-refractivity contribution in [3.63, 3.8) is 0 Å². The quantitative estimate of drug-likeness (QED) is 0.945. The van der Waals surface area contributed by atoms with Crippen LogP contribution in [0.25, 0.3) is 11.1 Å². The van der Waals surface area contributed by atoms with Gasteiger partial charge in [-0.15, -0.1) is 0 Å². The van der Waals surface area contributed by atoms with Gasteiger partial charge >= 0.3 is 0 Å². The maximum atomic E-state index is 11.3. The number of hydrogen-bond donors (Lipinski definition) is 1. The van der Waals surface area contributed by atoms with Crippen LogP contribution in [0.3, 0.4) is 0 Å². The van der Waals surface area contributed by atoms with Gasteiger partial charge in [0.1, 0.15) is 0 Å². The fraction of sp³-hybridized carbons (Fsp3) is 0.0588. The molecule has 1 aliphatic rings. The van der Waals surface area contributed by atoms with Gasteiger partial charge in [0, 0.05) is 0 Å². The van der Waals surface area contributed by atoms with Gasteiger partial charge in [0.15, 0.2) is 0 Å². The van der Waals surface area contributed by atoms with E-state index < -0.39 is 10.0 Å². The minimum Gasteiger partial charge on any atom is -0.225 e. The molecular formula is C17H15NO2S. The number of primary sulfonamides is 1. The summed E-state index contributed by atoms with van der Waals surface area (Å²) in [5, 5.41) is 5.12. The first-order valence-corrected chi connectivity index (χ1v) is 8.20. The molecule has 21 heavy (non-hydrogen) atoms. The SMILES string of the molecule is NS(=O)(=O)c1ccc(C2=CCC=C2c2ccccc2)cc1. The zero-order chi connectivity index (χ0) is 14.9. The van der Waals surface area contributed by atoms with Crippen LogP contribution in [-0.4, -0.2) is 8.42 Å². The van der Waals surface area contributed by atoms with Crippen molar-refractivity contribution < 1.29 is 8.42 Å². The standard InChI is InChI=1S/C17H15NO2S/c18-21(19,20)15-11-9-14(10-12-15)17-8-4-7-16(17)13-5-2-1-3-6-13/h1-3,5-12H,4H2,(H2,18,19,20). The van der Waals surface area contributed by atoms with Crippen LogP contribution in [-0.2, 0) is 10.0 Å². The molecule has 0 spiro atoms. The van der Waals surface area contributed by atoms with Gasteiger partial charge in [0.25, 0.3) is 0 Å². The Kier molecular flexibility index (Phi) is 3.49. The van der Waals surface area contributed by atoms with Crippen molar-refractivity contribution in [2.75, 3.05) is 0 Å². The van der Waals surface area contributed by atoms with E-state index in [1.165, 1.54) is 5.57 Å². The number of hydrogen-bond acceptors (Lipinski definition) is 2. The van der Waals surface area contributed by atoms with Gasteiger partial charge in [-0.25, -0.2) is 13.6 Å². The fourth-order valence-electron chi connectivity index (χ4n) is 2.50. The summed E-state index contributed by atoms with van der Waals surface area (Å²) in [6.45, 7) is 0. The van der Waals surface area contributed by atoms with Gasteiger partial charge in [0.05, 0.1) is 4.90 Å². The number of sulfonamides is 1. The van der Waals surface area contributed by atoms with E-state index in [-0.39, 0.29) is 4.90 Å². The summed E-state index contributed by atoms with van der Waals surface area (Å²) in [6.07, 6.45) is 5.21. The lowest BCUT2D eigenvalue weighted by atomic mass is 9.95. The minimum absolute atomic E-state index is 0.134. The van der Waals surface area contributed by atoms with Crippen LogP contribution >= 0.6 is 0 Å². The fourth-order valence-corrected chi connectivity index (χ4v) is 3.02. The van der Waals surface area contributed by atoms with E-state index in [2.05, 4.69) is 24.3 Å². The van der Waals surface area contributed by atoms with E-state index in [9.17, 15) is 8.42 Å². The van der Waals surface area contributed by atoms with E-state index in [0.717, 1.165) is 23.1 Å². The van der Waals surface area contributed by atoms with Gasteiger partial charge in [-0.05, 0) is 40.8 Å². The van der Waals surface area contributed by atoms with Crippen molar-refractivity contribution in [1.29, 1.82) is 0 Å². The molecule has 0 unspecified atom stereocenters. The Labute approximate surface area is 124 Å². The lowest BCUT2D eigenvalue weighted by molar-refractivity contribution is 0.598. The monoisotopic (exact) mass is 297 g/mol. The molecule has 0 saturated heterocycles. The molecule has 2 aromatic carbocycles. The van der Waals surface area contributed by atoms with Gasteiger partial charge in [-0.2, -0.15) is 0 Å². The minimum atomic E-state index is -3.64. The highest BCUT2D eigenvalue weighted by molar-refractivity contribution is 7.89. The van der Waals surface area contributed by atoms with E-state index in [1.807, 2.05) is 18.2 Å². The molecule has 3 rings (SSSR count). The van der Waals surface area contributed by atoms with E-state index in [4.69, 9.17) is 5.14 Å². The smallest absolute Gasteiger partial charge is 0.225 e. The summed E-state index contributed by atoms with van der Waals surface area (Å²) in [5.74, 6) is 0. The van der Waals surface area contributed by atoms with Crippen LogP contribution in [0.4, 0.5) is 0 Å². The van der Waals surface area contributed by atoms with E-state index in [0.29, 0.717) is 0 Å². The number of nitrogens with two attached hydrogens (primary N) is 1. The van der Waals surface area contributed by atoms with Crippen molar-refractivity contribution in [3.8, 4) is 0 Å². The van der Waals surface area contributed by atoms with Crippen molar-refractivity contribution >= 4 is 21.2 Å². The summed E-state index contributed by atoms with van der Waals surface area (Å²) < 4.78 is 22.6. The first-order chi connectivity index (χ1) is 10.1. The van der Waals surface area contributed by atoms with Crippen LogP contribution in [0.1, 0.15) is 17.5 Å². The third-order valence-electron chi connectivity index (χ3n) is 3.51. The molecule has 0 aromatic heterocycles. The topological polar surface area (TPSA) is 60.2 Å². The Hall–Kier alpha value is -2.17. The molecule has 3 nitrogen and oxygen atoms in total. The first kappa shape index (κ1) is 13.8. The molecule has 0 saturated carbocycles. The lowest BCUT2D eigenvalue weighted by Gasteiger charge is -2.10. The molecule has 106 valence electrons. The molecular weight excluding hydrogens is 282 g/mol. The van der Waals surface area contributed by atoms with Gasteiger partial charge in [0.2, 0.25) is 10.0 Å². The molecule has 2 aromatic rings. The summed E-state index contributed by atoms with van der Waals surface area (Å²) >= 11 is 0. The predicted octanol–water partition coefficient (Wildman–Crippen LogP) is 3.20. The third-order valence-corrected chi connectivity index (χ3v) is 4.44. The van der Waals surface area contributed by atoms with Crippen LogP contribution in [0.2, 0.25) is 0 Å². The Bertz CT molecular complexity index is 817. The lowest BCUT2D eigenvalue weighted by Crippen LogP contribution is -2.11. The predicted molar refractivity (Wildman–Crippen MR) is 84.8 cm³/mol. The maximum Gasteiger partial charge on any atom is 0.238 e. The second-order valence-electron chi connectivity index (χ2n) is 4.91. The molecule has 0 heterocycles. The van der Waals surface area contributed by atoms with Crippen LogP contribution in [0, 0.1) is 0 Å². The second kappa shape index (κ2) is 5.31. The first-order valence-electron chi connectivity index (χ1n) is 6.65. The van der Waals surface area contributed by atoms with Crippen molar-refractivity contribution in [3.05, 3.63) is 77.9 Å². The number of allylic oxidation sites excluding steroid dienone is 4. The van der Waals surface area contributed by atoms with Gasteiger partial charge < -0.3 is 0 Å². The Morgan fingerprint density at radius 1 is 0.762 bits per heavy atom. The molecule has 2 N–H and O–H groups in total. The van der Waals surface area contributed by atoms with Gasteiger partial charge in [-0.3, -0.25) is 0 Å². The Morgan fingerprint density at radius 2 is 1.29 bits per heavy atom. The number of rotatable bonds is 3. The normalized spacial score (nSPS) is 14.7. The highest BCUT2D eigenvalue weighted by atomic mass is 32.2. The average Bonchev–Trinajstić information content (AvgIpc) is 2.97. The van der Waals surface area contributed by atoms with Gasteiger partial charge in [-0.1, -0.05) is 54.6 Å². The summed E-state index contributed by atoms with van der Waals surface area (Å²) in [4.78, 5) is 0.134. The van der Waals surface area contributed by atoms with Crippen molar-refractivity contribution in [2.45, 2.75) is 11.3 Å². The number of benzene rings is 2. The van der Waals surface area contributed by atoms with Crippen LogP contribution < -0.4 is 5.14 Å². The second-order valence-corrected chi connectivity index (χ2v) is 6.47. The molecule has 0 radical (unpaired) electrons. The molecule has 0 bridgehead atoms.